The predicted octanol–water partition coefficient (Wildman–Crippen LogP) is 3.18. The summed E-state index contributed by atoms with van der Waals surface area (Å²) in [7, 11) is 0. The molecular formula is C14H17NO2S. The normalized spacial score (nSPS) is 10.3. The Kier molecular flexibility index (Phi) is 4.61. The summed E-state index contributed by atoms with van der Waals surface area (Å²) >= 11 is 1.66. The van der Waals surface area contributed by atoms with Gasteiger partial charge in [0.15, 0.2) is 11.5 Å². The van der Waals surface area contributed by atoms with Crippen LogP contribution in [0.1, 0.15) is 18.1 Å². The van der Waals surface area contributed by atoms with Gasteiger partial charge in [-0.25, -0.2) is 0 Å². The molecule has 96 valence electrons. The Morgan fingerprint density at radius 1 is 1.22 bits per heavy atom. The van der Waals surface area contributed by atoms with Crippen LogP contribution in [0.2, 0.25) is 0 Å². The molecule has 4 heteroatoms. The predicted molar refractivity (Wildman–Crippen MR) is 74.2 cm³/mol. The molecule has 0 aliphatic carbocycles. The minimum Gasteiger partial charge on any atom is -0.490 e. The number of thiophene rings is 1. The second kappa shape index (κ2) is 6.42. The highest BCUT2D eigenvalue weighted by Gasteiger charge is 2.10. The van der Waals surface area contributed by atoms with E-state index in [1.807, 2.05) is 30.5 Å². The van der Waals surface area contributed by atoms with Crippen LogP contribution >= 0.6 is 11.3 Å². The van der Waals surface area contributed by atoms with Gasteiger partial charge in [0.25, 0.3) is 0 Å². The first-order valence-electron chi connectivity index (χ1n) is 5.93. The van der Waals surface area contributed by atoms with Gasteiger partial charge in [-0.2, -0.15) is 11.3 Å². The molecule has 1 aromatic heterocycles. The molecule has 0 aliphatic heterocycles. The van der Waals surface area contributed by atoms with Crippen LogP contribution in [0, 0.1) is 0 Å². The van der Waals surface area contributed by atoms with E-state index in [0.29, 0.717) is 19.8 Å². The van der Waals surface area contributed by atoms with E-state index >= 15 is 0 Å². The standard InChI is InChI=1S/C14H17NO2S/c1-2-16-13-5-3-4-12(8-15)14(13)17-9-11-6-7-18-10-11/h3-7,10H,2,8-9,15H2,1H3. The Morgan fingerprint density at radius 3 is 2.78 bits per heavy atom. The third-order valence-corrected chi connectivity index (χ3v) is 3.28. The van der Waals surface area contributed by atoms with E-state index in [1.165, 1.54) is 0 Å². The maximum absolute atomic E-state index is 5.86. The van der Waals surface area contributed by atoms with E-state index in [2.05, 4.69) is 11.4 Å². The average molecular weight is 263 g/mol. The van der Waals surface area contributed by atoms with Crippen LogP contribution in [-0.2, 0) is 13.2 Å². The molecule has 1 aromatic carbocycles. The summed E-state index contributed by atoms with van der Waals surface area (Å²) in [5, 5.41) is 4.11. The summed E-state index contributed by atoms with van der Waals surface area (Å²) in [5.41, 5.74) is 7.86. The molecule has 0 saturated heterocycles. The van der Waals surface area contributed by atoms with Crippen molar-refractivity contribution in [1.82, 2.24) is 0 Å². The zero-order chi connectivity index (χ0) is 12.8. The molecule has 0 radical (unpaired) electrons. The van der Waals surface area contributed by atoms with Crippen LogP contribution in [-0.4, -0.2) is 6.61 Å². The van der Waals surface area contributed by atoms with Crippen LogP contribution in [0.5, 0.6) is 11.5 Å². The molecule has 0 spiro atoms. The smallest absolute Gasteiger partial charge is 0.166 e. The van der Waals surface area contributed by atoms with Crippen molar-refractivity contribution >= 4 is 11.3 Å². The first-order chi connectivity index (χ1) is 8.85. The summed E-state index contributed by atoms with van der Waals surface area (Å²) in [6.45, 7) is 3.56. The molecule has 0 unspecified atom stereocenters. The quantitative estimate of drug-likeness (QED) is 0.870. The first-order valence-corrected chi connectivity index (χ1v) is 6.88. The van der Waals surface area contributed by atoms with Gasteiger partial charge in [-0.15, -0.1) is 0 Å². The molecule has 2 N–H and O–H groups in total. The van der Waals surface area contributed by atoms with Crippen molar-refractivity contribution in [2.45, 2.75) is 20.1 Å². The molecule has 2 rings (SSSR count). The van der Waals surface area contributed by atoms with Gasteiger partial charge in [-0.3, -0.25) is 0 Å². The summed E-state index contributed by atoms with van der Waals surface area (Å²) < 4.78 is 11.4. The minimum absolute atomic E-state index is 0.444. The van der Waals surface area contributed by atoms with E-state index in [1.54, 1.807) is 11.3 Å². The Hall–Kier alpha value is -1.52. The number of para-hydroxylation sites is 1. The SMILES string of the molecule is CCOc1cccc(CN)c1OCc1ccsc1. The van der Waals surface area contributed by atoms with Gasteiger partial charge in [0.05, 0.1) is 6.61 Å². The highest BCUT2D eigenvalue weighted by atomic mass is 32.1. The average Bonchev–Trinajstić information content (AvgIpc) is 2.90. The molecular weight excluding hydrogens is 246 g/mol. The fraction of sp³-hybridized carbons (Fsp3) is 0.286. The van der Waals surface area contributed by atoms with E-state index in [4.69, 9.17) is 15.2 Å². The second-order valence-electron chi connectivity index (χ2n) is 3.80. The number of hydrogen-bond acceptors (Lipinski definition) is 4. The lowest BCUT2D eigenvalue weighted by molar-refractivity contribution is 0.267. The summed E-state index contributed by atoms with van der Waals surface area (Å²) in [5.74, 6) is 1.52. The van der Waals surface area contributed by atoms with Crippen molar-refractivity contribution < 1.29 is 9.47 Å². The molecule has 3 nitrogen and oxygen atoms in total. The molecule has 2 aromatic rings. The van der Waals surface area contributed by atoms with Crippen molar-refractivity contribution in [3.63, 3.8) is 0 Å². The fourth-order valence-corrected chi connectivity index (χ4v) is 2.34. The van der Waals surface area contributed by atoms with Gasteiger partial charge < -0.3 is 15.2 Å². The van der Waals surface area contributed by atoms with Gasteiger partial charge in [0, 0.05) is 12.1 Å². The summed E-state index contributed by atoms with van der Waals surface area (Å²) in [4.78, 5) is 0. The molecule has 0 bridgehead atoms. The maximum atomic E-state index is 5.86. The largest absolute Gasteiger partial charge is 0.490 e. The van der Waals surface area contributed by atoms with E-state index in [-0.39, 0.29) is 0 Å². The fourth-order valence-electron chi connectivity index (χ4n) is 1.69. The molecule has 1 heterocycles. The lowest BCUT2D eigenvalue weighted by Gasteiger charge is -2.14. The Labute approximate surface area is 111 Å². The van der Waals surface area contributed by atoms with Crippen LogP contribution in [0.15, 0.2) is 35.0 Å². The van der Waals surface area contributed by atoms with Gasteiger partial charge in [-0.1, -0.05) is 12.1 Å². The number of rotatable bonds is 6. The van der Waals surface area contributed by atoms with Crippen molar-refractivity contribution in [3.05, 3.63) is 46.2 Å². The lowest BCUT2D eigenvalue weighted by atomic mass is 10.2. The van der Waals surface area contributed by atoms with Gasteiger partial charge in [-0.05, 0) is 35.4 Å². The van der Waals surface area contributed by atoms with Gasteiger partial charge >= 0.3 is 0 Å². The Bertz CT molecular complexity index is 483. The molecule has 0 saturated carbocycles. The zero-order valence-corrected chi connectivity index (χ0v) is 11.2. The van der Waals surface area contributed by atoms with Crippen molar-refractivity contribution in [2.75, 3.05) is 6.61 Å². The number of benzene rings is 1. The third-order valence-electron chi connectivity index (χ3n) is 2.54. The van der Waals surface area contributed by atoms with Crippen molar-refractivity contribution in [2.24, 2.45) is 5.73 Å². The third kappa shape index (κ3) is 3.03. The van der Waals surface area contributed by atoms with E-state index in [9.17, 15) is 0 Å². The van der Waals surface area contributed by atoms with Crippen LogP contribution < -0.4 is 15.2 Å². The summed E-state index contributed by atoms with van der Waals surface area (Å²) in [6.07, 6.45) is 0. The van der Waals surface area contributed by atoms with Gasteiger partial charge in [0.2, 0.25) is 0 Å². The molecule has 0 amide bonds. The van der Waals surface area contributed by atoms with E-state index in [0.717, 1.165) is 22.6 Å². The number of hydrogen-bond donors (Lipinski definition) is 1. The number of ether oxygens (including phenoxy) is 2. The molecule has 18 heavy (non-hydrogen) atoms. The molecule has 0 fully saturated rings. The van der Waals surface area contributed by atoms with Crippen molar-refractivity contribution in [3.8, 4) is 11.5 Å². The van der Waals surface area contributed by atoms with Crippen LogP contribution in [0.3, 0.4) is 0 Å². The highest BCUT2D eigenvalue weighted by molar-refractivity contribution is 7.07. The monoisotopic (exact) mass is 263 g/mol. The first kappa shape index (κ1) is 12.9. The topological polar surface area (TPSA) is 44.5 Å². The Balaban J connectivity index is 2.18. The van der Waals surface area contributed by atoms with E-state index < -0.39 is 0 Å². The Morgan fingerprint density at radius 2 is 2.11 bits per heavy atom. The van der Waals surface area contributed by atoms with Gasteiger partial charge in [0.1, 0.15) is 6.61 Å². The zero-order valence-electron chi connectivity index (χ0n) is 10.4. The minimum atomic E-state index is 0.444. The van der Waals surface area contributed by atoms with Crippen LogP contribution in [0.4, 0.5) is 0 Å². The lowest BCUT2D eigenvalue weighted by Crippen LogP contribution is -2.05. The highest BCUT2D eigenvalue weighted by Crippen LogP contribution is 2.32. The maximum Gasteiger partial charge on any atom is 0.166 e. The summed E-state index contributed by atoms with van der Waals surface area (Å²) in [6, 6.07) is 7.86. The second-order valence-corrected chi connectivity index (χ2v) is 4.58. The molecule has 0 atom stereocenters. The van der Waals surface area contributed by atoms with Crippen LogP contribution in [0.25, 0.3) is 0 Å². The molecule has 0 aliphatic rings. The van der Waals surface area contributed by atoms with Crippen molar-refractivity contribution in [1.29, 1.82) is 0 Å². The number of nitrogens with two attached hydrogens (primary N) is 1.